The molecule has 6 N–H and O–H groups in total. The van der Waals surface area contributed by atoms with E-state index in [1.807, 2.05) is 12.1 Å². The van der Waals surface area contributed by atoms with Gasteiger partial charge >= 0.3 is 0 Å². The first-order valence-corrected chi connectivity index (χ1v) is 6.84. The Morgan fingerprint density at radius 1 is 0.870 bits per heavy atom. The van der Waals surface area contributed by atoms with Crippen LogP contribution in [0.5, 0.6) is 0 Å². The number of halogens is 1. The van der Waals surface area contributed by atoms with Gasteiger partial charge in [-0.3, -0.25) is 4.90 Å². The molecule has 0 aliphatic heterocycles. The Morgan fingerprint density at radius 3 is 1.91 bits per heavy atom. The molecule has 1 heterocycles. The van der Waals surface area contributed by atoms with Crippen molar-refractivity contribution in [3.63, 3.8) is 0 Å². The smallest absolute Gasteiger partial charge is 0.236 e. The van der Waals surface area contributed by atoms with Crippen LogP contribution in [-0.4, -0.2) is 9.97 Å². The Labute approximate surface area is 132 Å². The highest BCUT2D eigenvalue weighted by Crippen LogP contribution is 2.34. The fraction of sp³-hybridized carbons (Fsp3) is 0. The molecular weight excluding hydrogens is 295 g/mol. The average molecular weight is 310 g/mol. The summed E-state index contributed by atoms with van der Waals surface area (Å²) in [5.74, 6) is -0.679. The van der Waals surface area contributed by atoms with Crippen molar-refractivity contribution >= 4 is 34.5 Å². The van der Waals surface area contributed by atoms with E-state index in [1.54, 1.807) is 41.3 Å². The number of nitrogens with zero attached hydrogens (tertiary/aromatic N) is 3. The second kappa shape index (κ2) is 5.80. The van der Waals surface area contributed by atoms with Crippen LogP contribution < -0.4 is 22.1 Å². The molecule has 0 radical (unpaired) electrons. The van der Waals surface area contributed by atoms with E-state index in [0.29, 0.717) is 22.7 Å². The van der Waals surface area contributed by atoms with Gasteiger partial charge in [0.2, 0.25) is 5.95 Å². The molecule has 0 aliphatic carbocycles. The molecular formula is C16H15FN6. The zero-order valence-electron chi connectivity index (χ0n) is 12.1. The van der Waals surface area contributed by atoms with Gasteiger partial charge in [-0.1, -0.05) is 12.1 Å². The molecule has 2 aromatic carbocycles. The van der Waals surface area contributed by atoms with Crippen molar-refractivity contribution in [2.75, 3.05) is 22.1 Å². The molecule has 3 rings (SSSR count). The summed E-state index contributed by atoms with van der Waals surface area (Å²) in [7, 11) is 0. The highest BCUT2D eigenvalue weighted by molar-refractivity contribution is 5.76. The predicted octanol–water partition coefficient (Wildman–Crippen LogP) is 2.83. The van der Waals surface area contributed by atoms with E-state index in [-0.39, 0.29) is 11.8 Å². The Morgan fingerprint density at radius 2 is 1.43 bits per heavy atom. The van der Waals surface area contributed by atoms with E-state index in [2.05, 4.69) is 9.97 Å². The number of rotatable bonds is 3. The van der Waals surface area contributed by atoms with Crippen molar-refractivity contribution in [2.24, 2.45) is 0 Å². The summed E-state index contributed by atoms with van der Waals surface area (Å²) in [6.07, 6.45) is 1.03. The van der Waals surface area contributed by atoms with E-state index in [1.165, 1.54) is 0 Å². The van der Waals surface area contributed by atoms with Gasteiger partial charge in [0.15, 0.2) is 11.6 Å². The molecule has 0 saturated carbocycles. The van der Waals surface area contributed by atoms with Crippen LogP contribution >= 0.6 is 0 Å². The Balaban J connectivity index is 2.19. The monoisotopic (exact) mass is 310 g/mol. The van der Waals surface area contributed by atoms with Crippen molar-refractivity contribution in [1.82, 2.24) is 9.97 Å². The molecule has 0 unspecified atom stereocenters. The molecule has 1 aromatic heterocycles. The number of nitrogen functional groups attached to an aromatic ring is 3. The molecule has 0 aliphatic rings. The van der Waals surface area contributed by atoms with Gasteiger partial charge in [0, 0.05) is 11.4 Å². The van der Waals surface area contributed by atoms with E-state index >= 15 is 0 Å². The van der Waals surface area contributed by atoms with Crippen LogP contribution in [-0.2, 0) is 0 Å². The molecule has 7 heteroatoms. The summed E-state index contributed by atoms with van der Waals surface area (Å²) in [6.45, 7) is 0. The van der Waals surface area contributed by atoms with E-state index in [9.17, 15) is 4.39 Å². The second-order valence-corrected chi connectivity index (χ2v) is 4.93. The summed E-state index contributed by atoms with van der Waals surface area (Å²) in [5.41, 5.74) is 19.9. The first kappa shape index (κ1) is 14.6. The van der Waals surface area contributed by atoms with Gasteiger partial charge in [-0.05, 0) is 36.4 Å². The van der Waals surface area contributed by atoms with Crippen molar-refractivity contribution in [3.05, 3.63) is 60.5 Å². The Kier molecular flexibility index (Phi) is 3.68. The highest BCUT2D eigenvalue weighted by atomic mass is 19.1. The normalized spacial score (nSPS) is 10.5. The van der Waals surface area contributed by atoms with Gasteiger partial charge in [0.05, 0.1) is 17.6 Å². The van der Waals surface area contributed by atoms with Crippen LogP contribution in [0, 0.1) is 5.82 Å². The lowest BCUT2D eigenvalue weighted by Gasteiger charge is -2.23. The highest BCUT2D eigenvalue weighted by Gasteiger charge is 2.17. The summed E-state index contributed by atoms with van der Waals surface area (Å²) < 4.78 is 13.4. The van der Waals surface area contributed by atoms with Crippen LogP contribution in [0.15, 0.2) is 54.7 Å². The van der Waals surface area contributed by atoms with E-state index < -0.39 is 5.82 Å². The summed E-state index contributed by atoms with van der Waals surface area (Å²) >= 11 is 0. The summed E-state index contributed by atoms with van der Waals surface area (Å²) in [5, 5.41) is 0. The van der Waals surface area contributed by atoms with Gasteiger partial charge in [0.1, 0.15) is 0 Å². The van der Waals surface area contributed by atoms with Crippen molar-refractivity contribution in [2.45, 2.75) is 0 Å². The van der Waals surface area contributed by atoms with Crippen LogP contribution in [0.2, 0.25) is 0 Å². The maximum absolute atomic E-state index is 13.4. The minimum atomic E-state index is -0.672. The van der Waals surface area contributed by atoms with Crippen LogP contribution in [0.1, 0.15) is 0 Å². The third-order valence-corrected chi connectivity index (χ3v) is 3.22. The topological polar surface area (TPSA) is 107 Å². The number of benzene rings is 2. The van der Waals surface area contributed by atoms with E-state index in [4.69, 9.17) is 17.2 Å². The molecule has 0 fully saturated rings. The Hall–Kier alpha value is -3.35. The molecule has 3 aromatic rings. The number of anilines is 6. The standard InChI is InChI=1S/C16H15FN6/c17-14-9-21-16(22-15(14)20)23(12-5-1-3-10(18)7-12)13-6-2-4-11(19)8-13/h1-9H,18-19H2,(H2,20,21,22). The fourth-order valence-electron chi connectivity index (χ4n) is 2.19. The summed E-state index contributed by atoms with van der Waals surface area (Å²) in [6, 6.07) is 14.3. The first-order chi connectivity index (χ1) is 11.0. The molecule has 6 nitrogen and oxygen atoms in total. The summed E-state index contributed by atoms with van der Waals surface area (Å²) in [4.78, 5) is 9.75. The molecule has 0 bridgehead atoms. The maximum Gasteiger partial charge on any atom is 0.236 e. The van der Waals surface area contributed by atoms with E-state index in [0.717, 1.165) is 6.20 Å². The fourth-order valence-corrected chi connectivity index (χ4v) is 2.19. The quantitative estimate of drug-likeness (QED) is 0.642. The minimum Gasteiger partial charge on any atom is -0.399 e. The minimum absolute atomic E-state index is 0.222. The third kappa shape index (κ3) is 2.98. The lowest BCUT2D eigenvalue weighted by Crippen LogP contribution is -2.15. The maximum atomic E-state index is 13.4. The third-order valence-electron chi connectivity index (χ3n) is 3.22. The molecule has 0 atom stereocenters. The van der Waals surface area contributed by atoms with Crippen molar-refractivity contribution in [3.8, 4) is 0 Å². The average Bonchev–Trinajstić information content (AvgIpc) is 2.51. The number of hydrogen-bond donors (Lipinski definition) is 3. The van der Waals surface area contributed by atoms with Gasteiger partial charge in [-0.15, -0.1) is 0 Å². The van der Waals surface area contributed by atoms with Gasteiger partial charge in [-0.2, -0.15) is 4.98 Å². The van der Waals surface area contributed by atoms with Crippen LogP contribution in [0.3, 0.4) is 0 Å². The molecule has 0 saturated heterocycles. The number of nitrogens with two attached hydrogens (primary N) is 3. The van der Waals surface area contributed by atoms with Gasteiger partial charge in [-0.25, -0.2) is 9.37 Å². The molecule has 0 amide bonds. The SMILES string of the molecule is Nc1cccc(N(c2cccc(N)c2)c2ncc(F)c(N)n2)c1. The van der Waals surface area contributed by atoms with Gasteiger partial charge in [0.25, 0.3) is 0 Å². The number of hydrogen-bond acceptors (Lipinski definition) is 6. The molecule has 23 heavy (non-hydrogen) atoms. The van der Waals surface area contributed by atoms with Gasteiger partial charge < -0.3 is 17.2 Å². The lowest BCUT2D eigenvalue weighted by atomic mass is 10.2. The zero-order chi connectivity index (χ0) is 16.4. The van der Waals surface area contributed by atoms with Crippen molar-refractivity contribution < 1.29 is 4.39 Å². The lowest BCUT2D eigenvalue weighted by molar-refractivity contribution is 0.620. The van der Waals surface area contributed by atoms with Crippen LogP contribution in [0.25, 0.3) is 0 Å². The molecule has 116 valence electrons. The van der Waals surface area contributed by atoms with Crippen LogP contribution in [0.4, 0.5) is 38.9 Å². The second-order valence-electron chi connectivity index (χ2n) is 4.93. The largest absolute Gasteiger partial charge is 0.399 e. The number of aromatic nitrogens is 2. The van der Waals surface area contributed by atoms with Crippen molar-refractivity contribution in [1.29, 1.82) is 0 Å². The predicted molar refractivity (Wildman–Crippen MR) is 89.9 cm³/mol. The molecule has 0 spiro atoms. The zero-order valence-corrected chi connectivity index (χ0v) is 12.1. The Bertz CT molecular complexity index is 806. The first-order valence-electron chi connectivity index (χ1n) is 6.84.